The molecule has 0 bridgehead atoms. The summed E-state index contributed by atoms with van der Waals surface area (Å²) in [6.45, 7) is 0.410. The lowest BCUT2D eigenvalue weighted by Crippen LogP contribution is -2.49. The first-order chi connectivity index (χ1) is 15.6. The molecule has 0 saturated carbocycles. The van der Waals surface area contributed by atoms with Crippen LogP contribution in [0.1, 0.15) is 11.1 Å². The molecule has 162 valence electrons. The molecule has 3 aromatic carbocycles. The first kappa shape index (κ1) is 20.5. The third kappa shape index (κ3) is 3.04. The number of thioether (sulfide) groups is 1. The molecule has 1 saturated heterocycles. The molecule has 32 heavy (non-hydrogen) atoms. The molecular formula is C25H22N2O4S. The third-order valence-corrected chi connectivity index (χ3v) is 7.28. The van der Waals surface area contributed by atoms with E-state index in [1.807, 2.05) is 60.7 Å². The maximum atomic E-state index is 14.0. The number of fused-ring (bicyclic) bond motifs is 2. The summed E-state index contributed by atoms with van der Waals surface area (Å²) in [7, 11) is 3.22. The van der Waals surface area contributed by atoms with Gasteiger partial charge in [-0.1, -0.05) is 30.3 Å². The minimum absolute atomic E-state index is 0.0883. The lowest BCUT2D eigenvalue weighted by Gasteiger charge is -2.33. The van der Waals surface area contributed by atoms with Crippen molar-refractivity contribution in [1.29, 1.82) is 0 Å². The molecule has 6 nitrogen and oxygen atoms in total. The molecule has 7 heteroatoms. The van der Waals surface area contributed by atoms with Crippen molar-refractivity contribution in [2.24, 2.45) is 0 Å². The van der Waals surface area contributed by atoms with Gasteiger partial charge in [-0.2, -0.15) is 0 Å². The Bertz CT molecular complexity index is 1180. The lowest BCUT2D eigenvalue weighted by atomic mass is 10.0. The molecule has 0 aliphatic carbocycles. The Kier molecular flexibility index (Phi) is 5.06. The van der Waals surface area contributed by atoms with Gasteiger partial charge in [-0.05, 0) is 48.0 Å². The van der Waals surface area contributed by atoms with E-state index in [9.17, 15) is 9.59 Å². The van der Waals surface area contributed by atoms with Gasteiger partial charge in [0, 0.05) is 11.3 Å². The number of benzene rings is 3. The first-order valence-electron chi connectivity index (χ1n) is 10.2. The van der Waals surface area contributed by atoms with E-state index >= 15 is 0 Å². The number of hydrogen-bond acceptors (Lipinski definition) is 5. The molecule has 5 rings (SSSR count). The van der Waals surface area contributed by atoms with E-state index in [4.69, 9.17) is 9.47 Å². The Morgan fingerprint density at radius 2 is 1.50 bits per heavy atom. The standard InChI is InChI=1S/C25H22N2O4S/c1-30-19-11-7-17(8-12-19)15-26-22-6-4-3-5-21(22)25(24(26)29)27(23(28)16-32-25)18-9-13-20(31-2)14-10-18/h3-14H,15-16H2,1-2H3/t25-/m1/s1. The molecule has 0 radical (unpaired) electrons. The van der Waals surface area contributed by atoms with Crippen LogP contribution in [0.3, 0.4) is 0 Å². The van der Waals surface area contributed by atoms with E-state index in [2.05, 4.69) is 0 Å². The number of nitrogens with zero attached hydrogens (tertiary/aromatic N) is 2. The topological polar surface area (TPSA) is 59.1 Å². The molecule has 0 unspecified atom stereocenters. The second kappa shape index (κ2) is 7.91. The smallest absolute Gasteiger partial charge is 0.269 e. The number of ether oxygens (including phenoxy) is 2. The molecule has 0 N–H and O–H groups in total. The number of carbonyl (C=O) groups excluding carboxylic acids is 2. The van der Waals surface area contributed by atoms with E-state index in [0.29, 0.717) is 18.0 Å². The summed E-state index contributed by atoms with van der Waals surface area (Å²) in [6.07, 6.45) is 0. The summed E-state index contributed by atoms with van der Waals surface area (Å²) in [6, 6.07) is 22.7. The molecule has 1 spiro atoms. The van der Waals surface area contributed by atoms with E-state index in [1.54, 1.807) is 36.2 Å². The Morgan fingerprint density at radius 1 is 0.875 bits per heavy atom. The van der Waals surface area contributed by atoms with Gasteiger partial charge in [-0.25, -0.2) is 0 Å². The molecule has 1 atom stereocenters. The third-order valence-electron chi connectivity index (χ3n) is 5.89. The van der Waals surface area contributed by atoms with Gasteiger partial charge in [0.2, 0.25) is 10.8 Å². The van der Waals surface area contributed by atoms with Crippen molar-refractivity contribution < 1.29 is 19.1 Å². The average Bonchev–Trinajstić information content (AvgIpc) is 3.30. The summed E-state index contributed by atoms with van der Waals surface area (Å²) >= 11 is 1.38. The van der Waals surface area contributed by atoms with Gasteiger partial charge in [-0.3, -0.25) is 14.5 Å². The average molecular weight is 447 g/mol. The van der Waals surface area contributed by atoms with Crippen LogP contribution in [0.2, 0.25) is 0 Å². The second-order valence-corrected chi connectivity index (χ2v) is 8.78. The van der Waals surface area contributed by atoms with Crippen molar-refractivity contribution in [3.63, 3.8) is 0 Å². The number of methoxy groups -OCH3 is 2. The van der Waals surface area contributed by atoms with Crippen LogP contribution < -0.4 is 19.3 Å². The highest BCUT2D eigenvalue weighted by atomic mass is 32.2. The van der Waals surface area contributed by atoms with Gasteiger partial charge < -0.3 is 14.4 Å². The van der Waals surface area contributed by atoms with Crippen LogP contribution >= 0.6 is 11.8 Å². The number of anilines is 2. The largest absolute Gasteiger partial charge is 0.497 e. The van der Waals surface area contributed by atoms with Crippen LogP contribution in [-0.4, -0.2) is 31.8 Å². The molecular weight excluding hydrogens is 424 g/mol. The van der Waals surface area contributed by atoms with Gasteiger partial charge in [0.1, 0.15) is 11.5 Å². The summed E-state index contributed by atoms with van der Waals surface area (Å²) in [5.41, 5.74) is 3.32. The molecule has 2 aliphatic rings. The highest BCUT2D eigenvalue weighted by Crippen LogP contribution is 2.56. The molecule has 2 amide bonds. The van der Waals surface area contributed by atoms with Crippen molar-refractivity contribution in [2.75, 3.05) is 29.8 Å². The zero-order valence-electron chi connectivity index (χ0n) is 17.8. The monoisotopic (exact) mass is 446 g/mol. The number of carbonyl (C=O) groups is 2. The van der Waals surface area contributed by atoms with E-state index < -0.39 is 4.87 Å². The lowest BCUT2D eigenvalue weighted by molar-refractivity contribution is -0.123. The normalized spacial score (nSPS) is 19.6. The van der Waals surface area contributed by atoms with Crippen LogP contribution in [0.15, 0.2) is 72.8 Å². The van der Waals surface area contributed by atoms with Crippen molar-refractivity contribution in [1.82, 2.24) is 0 Å². The summed E-state index contributed by atoms with van der Waals surface area (Å²) in [5.74, 6) is 1.50. The maximum absolute atomic E-state index is 14.0. The van der Waals surface area contributed by atoms with Crippen LogP contribution in [0, 0.1) is 0 Å². The Balaban J connectivity index is 1.58. The van der Waals surface area contributed by atoms with Crippen LogP contribution in [-0.2, 0) is 21.0 Å². The van der Waals surface area contributed by atoms with E-state index in [0.717, 1.165) is 22.6 Å². The Morgan fingerprint density at radius 3 is 2.16 bits per heavy atom. The zero-order valence-corrected chi connectivity index (χ0v) is 18.6. The first-order valence-corrected chi connectivity index (χ1v) is 11.2. The summed E-state index contributed by atoms with van der Waals surface area (Å²) < 4.78 is 10.5. The van der Waals surface area contributed by atoms with Crippen molar-refractivity contribution in [2.45, 2.75) is 11.4 Å². The Hall–Kier alpha value is -3.45. The van der Waals surface area contributed by atoms with Crippen LogP contribution in [0.25, 0.3) is 0 Å². The van der Waals surface area contributed by atoms with Gasteiger partial charge in [-0.15, -0.1) is 11.8 Å². The quantitative estimate of drug-likeness (QED) is 0.588. The van der Waals surface area contributed by atoms with Crippen molar-refractivity contribution in [3.05, 3.63) is 83.9 Å². The summed E-state index contributed by atoms with van der Waals surface area (Å²) in [5, 5.41) is 0. The predicted molar refractivity (Wildman–Crippen MR) is 125 cm³/mol. The van der Waals surface area contributed by atoms with Gasteiger partial charge >= 0.3 is 0 Å². The predicted octanol–water partition coefficient (Wildman–Crippen LogP) is 4.18. The number of hydrogen-bond donors (Lipinski definition) is 0. The minimum Gasteiger partial charge on any atom is -0.497 e. The zero-order chi connectivity index (χ0) is 22.3. The minimum atomic E-state index is -1.12. The molecule has 2 aliphatic heterocycles. The highest BCUT2D eigenvalue weighted by molar-refractivity contribution is 8.02. The van der Waals surface area contributed by atoms with Gasteiger partial charge in [0.25, 0.3) is 5.91 Å². The second-order valence-electron chi connectivity index (χ2n) is 7.62. The van der Waals surface area contributed by atoms with E-state index in [-0.39, 0.29) is 17.6 Å². The molecule has 1 fully saturated rings. The maximum Gasteiger partial charge on any atom is 0.269 e. The molecule has 0 aromatic heterocycles. The van der Waals surface area contributed by atoms with Crippen molar-refractivity contribution >= 4 is 35.0 Å². The number of amides is 2. The molecule has 2 heterocycles. The van der Waals surface area contributed by atoms with Crippen molar-refractivity contribution in [3.8, 4) is 11.5 Å². The SMILES string of the molecule is COc1ccc(CN2C(=O)[C@]3(SCC(=O)N3c3ccc(OC)cc3)c3ccccc32)cc1. The fourth-order valence-corrected chi connectivity index (χ4v) is 5.72. The Labute approximate surface area is 190 Å². The van der Waals surface area contributed by atoms with Crippen LogP contribution in [0.5, 0.6) is 11.5 Å². The van der Waals surface area contributed by atoms with Gasteiger partial charge in [0.15, 0.2) is 0 Å². The van der Waals surface area contributed by atoms with Gasteiger partial charge in [0.05, 0.1) is 32.2 Å². The summed E-state index contributed by atoms with van der Waals surface area (Å²) in [4.78, 5) is 29.4. The number of rotatable bonds is 5. The van der Waals surface area contributed by atoms with Crippen LogP contribution in [0.4, 0.5) is 11.4 Å². The molecule has 3 aromatic rings. The van der Waals surface area contributed by atoms with E-state index in [1.165, 1.54) is 11.8 Å². The number of para-hydroxylation sites is 1. The highest BCUT2D eigenvalue weighted by Gasteiger charge is 2.60. The fraction of sp³-hybridized carbons (Fsp3) is 0.200. The fourth-order valence-electron chi connectivity index (χ4n) is 4.36.